The lowest BCUT2D eigenvalue weighted by Crippen LogP contribution is -2.11. The molecule has 1 heterocycles. The number of nitriles is 1. The molecule has 0 spiro atoms. The smallest absolute Gasteiger partial charge is 0.231 e. The Morgan fingerprint density at radius 2 is 2.12 bits per heavy atom. The normalized spacial score (nSPS) is 10.7. The Kier molecular flexibility index (Phi) is 2.97. The summed E-state index contributed by atoms with van der Waals surface area (Å²) in [5.74, 6) is 0.354. The standard InChI is InChI=1S/C14H14N2O/c1-10(2)7-14(17)16-9-11(8-15)12-5-3-4-6-13(12)16/h3-6,9-10H,7H2,1-2H3. The first kappa shape index (κ1) is 11.4. The molecule has 0 N–H and O–H groups in total. The monoisotopic (exact) mass is 226 g/mol. The van der Waals surface area contributed by atoms with Gasteiger partial charge in [-0.2, -0.15) is 5.26 Å². The summed E-state index contributed by atoms with van der Waals surface area (Å²) in [5, 5.41) is 9.88. The fraction of sp³-hybridized carbons (Fsp3) is 0.286. The molecule has 0 aliphatic carbocycles. The van der Waals surface area contributed by atoms with Crippen LogP contribution >= 0.6 is 0 Å². The van der Waals surface area contributed by atoms with Crippen molar-refractivity contribution in [3.8, 4) is 6.07 Å². The number of hydrogen-bond donors (Lipinski definition) is 0. The van der Waals surface area contributed by atoms with Gasteiger partial charge in [-0.15, -0.1) is 0 Å². The van der Waals surface area contributed by atoms with E-state index < -0.39 is 0 Å². The molecule has 0 saturated carbocycles. The summed E-state index contributed by atoms with van der Waals surface area (Å²) in [6.07, 6.45) is 2.12. The van der Waals surface area contributed by atoms with Gasteiger partial charge in [0.25, 0.3) is 0 Å². The maximum atomic E-state index is 12.1. The number of rotatable bonds is 2. The third-order valence-electron chi connectivity index (χ3n) is 2.68. The van der Waals surface area contributed by atoms with E-state index in [4.69, 9.17) is 5.26 Å². The number of benzene rings is 1. The van der Waals surface area contributed by atoms with Crippen molar-refractivity contribution in [2.75, 3.05) is 0 Å². The van der Waals surface area contributed by atoms with E-state index in [2.05, 4.69) is 6.07 Å². The van der Waals surface area contributed by atoms with E-state index in [0.717, 1.165) is 10.9 Å². The summed E-state index contributed by atoms with van der Waals surface area (Å²) in [7, 11) is 0. The largest absolute Gasteiger partial charge is 0.286 e. The number of carbonyl (C=O) groups excluding carboxylic acids is 1. The summed E-state index contributed by atoms with van der Waals surface area (Å²) in [6.45, 7) is 4.02. The van der Waals surface area contributed by atoms with Crippen LogP contribution in [-0.4, -0.2) is 10.5 Å². The molecule has 0 radical (unpaired) electrons. The predicted octanol–water partition coefficient (Wildman–Crippen LogP) is 3.20. The molecule has 1 aromatic heterocycles. The second-order valence-corrected chi connectivity index (χ2v) is 4.53. The molecule has 17 heavy (non-hydrogen) atoms. The van der Waals surface area contributed by atoms with Gasteiger partial charge in [-0.25, -0.2) is 0 Å². The second kappa shape index (κ2) is 4.42. The lowest BCUT2D eigenvalue weighted by Gasteiger charge is -2.05. The Bertz CT molecular complexity index is 602. The minimum Gasteiger partial charge on any atom is -0.286 e. The Labute approximate surface area is 100 Å². The highest BCUT2D eigenvalue weighted by Gasteiger charge is 2.13. The van der Waals surface area contributed by atoms with Crippen LogP contribution in [0.25, 0.3) is 10.9 Å². The molecule has 3 heteroatoms. The van der Waals surface area contributed by atoms with E-state index >= 15 is 0 Å². The van der Waals surface area contributed by atoms with Gasteiger partial charge in [-0.1, -0.05) is 32.0 Å². The molecule has 86 valence electrons. The topological polar surface area (TPSA) is 45.8 Å². The van der Waals surface area contributed by atoms with Crippen molar-refractivity contribution in [2.45, 2.75) is 20.3 Å². The van der Waals surface area contributed by atoms with Crippen molar-refractivity contribution in [1.29, 1.82) is 5.26 Å². The first-order chi connectivity index (χ1) is 8.13. The second-order valence-electron chi connectivity index (χ2n) is 4.53. The van der Waals surface area contributed by atoms with Crippen LogP contribution in [0.4, 0.5) is 0 Å². The van der Waals surface area contributed by atoms with Gasteiger partial charge in [0.1, 0.15) is 6.07 Å². The zero-order valence-electron chi connectivity index (χ0n) is 9.97. The van der Waals surface area contributed by atoms with E-state index in [1.165, 1.54) is 0 Å². The molecule has 0 fully saturated rings. The molecule has 0 atom stereocenters. The lowest BCUT2D eigenvalue weighted by molar-refractivity contribution is 0.0892. The van der Waals surface area contributed by atoms with E-state index in [1.807, 2.05) is 38.1 Å². The molecule has 3 nitrogen and oxygen atoms in total. The van der Waals surface area contributed by atoms with Crippen LogP contribution < -0.4 is 0 Å². The average molecular weight is 226 g/mol. The van der Waals surface area contributed by atoms with Crippen LogP contribution in [0.2, 0.25) is 0 Å². The van der Waals surface area contributed by atoms with Crippen LogP contribution in [0.3, 0.4) is 0 Å². The zero-order valence-corrected chi connectivity index (χ0v) is 9.97. The minimum absolute atomic E-state index is 0.0395. The van der Waals surface area contributed by atoms with E-state index in [-0.39, 0.29) is 5.91 Å². The van der Waals surface area contributed by atoms with Crippen LogP contribution in [0, 0.1) is 17.2 Å². The molecule has 0 bridgehead atoms. The van der Waals surface area contributed by atoms with E-state index in [0.29, 0.717) is 17.9 Å². The van der Waals surface area contributed by atoms with Crippen molar-refractivity contribution < 1.29 is 4.79 Å². The van der Waals surface area contributed by atoms with Gasteiger partial charge in [-0.3, -0.25) is 9.36 Å². The minimum atomic E-state index is 0.0395. The van der Waals surface area contributed by atoms with Gasteiger partial charge in [-0.05, 0) is 12.0 Å². The predicted molar refractivity (Wildman–Crippen MR) is 66.7 cm³/mol. The van der Waals surface area contributed by atoms with E-state index in [9.17, 15) is 4.79 Å². The van der Waals surface area contributed by atoms with Crippen molar-refractivity contribution in [3.05, 3.63) is 36.0 Å². The first-order valence-corrected chi connectivity index (χ1v) is 5.67. The van der Waals surface area contributed by atoms with Crippen molar-refractivity contribution >= 4 is 16.8 Å². The third-order valence-corrected chi connectivity index (χ3v) is 2.68. The number of carbonyl (C=O) groups is 1. The molecular formula is C14H14N2O. The van der Waals surface area contributed by atoms with E-state index in [1.54, 1.807) is 10.8 Å². The number of hydrogen-bond acceptors (Lipinski definition) is 2. The first-order valence-electron chi connectivity index (χ1n) is 5.67. The average Bonchev–Trinajstić information content (AvgIpc) is 2.67. The highest BCUT2D eigenvalue weighted by molar-refractivity contribution is 5.95. The fourth-order valence-corrected chi connectivity index (χ4v) is 1.92. The molecule has 0 aliphatic heterocycles. The molecule has 2 rings (SSSR count). The van der Waals surface area contributed by atoms with Crippen molar-refractivity contribution in [2.24, 2.45) is 5.92 Å². The van der Waals surface area contributed by atoms with Crippen LogP contribution in [-0.2, 0) is 0 Å². The van der Waals surface area contributed by atoms with Gasteiger partial charge >= 0.3 is 0 Å². The summed E-state index contributed by atoms with van der Waals surface area (Å²) in [4.78, 5) is 12.1. The summed E-state index contributed by atoms with van der Waals surface area (Å²) < 4.78 is 1.59. The number of aromatic nitrogens is 1. The number of nitrogens with zero attached hydrogens (tertiary/aromatic N) is 2. The number of para-hydroxylation sites is 1. The van der Waals surface area contributed by atoms with Crippen molar-refractivity contribution in [3.63, 3.8) is 0 Å². The highest BCUT2D eigenvalue weighted by Crippen LogP contribution is 2.21. The molecule has 0 saturated heterocycles. The Morgan fingerprint density at radius 1 is 1.41 bits per heavy atom. The molecule has 1 aromatic carbocycles. The van der Waals surface area contributed by atoms with Gasteiger partial charge in [0.2, 0.25) is 5.91 Å². The van der Waals surface area contributed by atoms with Crippen LogP contribution in [0.15, 0.2) is 30.5 Å². The molecule has 2 aromatic rings. The van der Waals surface area contributed by atoms with Gasteiger partial charge in [0, 0.05) is 18.0 Å². The molecule has 0 amide bonds. The van der Waals surface area contributed by atoms with Gasteiger partial charge < -0.3 is 0 Å². The quantitative estimate of drug-likeness (QED) is 0.789. The SMILES string of the molecule is CC(C)CC(=O)n1cc(C#N)c2ccccc21. The van der Waals surface area contributed by atoms with Crippen LogP contribution in [0.1, 0.15) is 30.6 Å². The Hall–Kier alpha value is -2.08. The van der Waals surface area contributed by atoms with Crippen molar-refractivity contribution in [1.82, 2.24) is 4.57 Å². The van der Waals surface area contributed by atoms with Crippen LogP contribution in [0.5, 0.6) is 0 Å². The lowest BCUT2D eigenvalue weighted by atomic mass is 10.1. The summed E-state index contributed by atoms with van der Waals surface area (Å²) in [6, 6.07) is 9.62. The third kappa shape index (κ3) is 2.07. The highest BCUT2D eigenvalue weighted by atomic mass is 16.2. The Balaban J connectivity index is 2.55. The maximum absolute atomic E-state index is 12.1. The number of fused-ring (bicyclic) bond motifs is 1. The maximum Gasteiger partial charge on any atom is 0.231 e. The zero-order chi connectivity index (χ0) is 12.4. The van der Waals surface area contributed by atoms with Gasteiger partial charge in [0.05, 0.1) is 11.1 Å². The fourth-order valence-electron chi connectivity index (χ4n) is 1.92. The molecule has 0 aliphatic rings. The molecule has 0 unspecified atom stereocenters. The summed E-state index contributed by atoms with van der Waals surface area (Å²) >= 11 is 0. The van der Waals surface area contributed by atoms with Gasteiger partial charge in [0.15, 0.2) is 0 Å². The Morgan fingerprint density at radius 3 is 2.76 bits per heavy atom. The summed E-state index contributed by atoms with van der Waals surface area (Å²) in [5.41, 5.74) is 1.37. The molecular weight excluding hydrogens is 212 g/mol.